The molecule has 1 heterocycles. The molecule has 16 heavy (non-hydrogen) atoms. The Morgan fingerprint density at radius 2 is 2.12 bits per heavy atom. The van der Waals surface area contributed by atoms with Crippen molar-refractivity contribution in [2.45, 2.75) is 13.0 Å². The predicted octanol–water partition coefficient (Wildman–Crippen LogP) is 2.22. The third kappa shape index (κ3) is 2.78. The summed E-state index contributed by atoms with van der Waals surface area (Å²) < 4.78 is 3.79. The average molecular weight is 230 g/mol. The fourth-order valence-corrected chi connectivity index (χ4v) is 1.74. The van der Waals surface area contributed by atoms with E-state index in [2.05, 4.69) is 21.0 Å². The van der Waals surface area contributed by atoms with Gasteiger partial charge in [-0.15, -0.1) is 5.10 Å². The molecule has 0 aliphatic carbocycles. The van der Waals surface area contributed by atoms with Gasteiger partial charge in [0.2, 0.25) is 0 Å². The standard InChI is InChI=1S/C11H10N4S/c12-6-5-9-1-3-10(4-2-9)13-7-11-8-16-15-14-11/h1-4,8,13H,5,7H2. The molecule has 0 atom stereocenters. The van der Waals surface area contributed by atoms with E-state index in [1.165, 1.54) is 11.5 Å². The monoisotopic (exact) mass is 230 g/mol. The van der Waals surface area contributed by atoms with E-state index in [9.17, 15) is 0 Å². The van der Waals surface area contributed by atoms with Crippen LogP contribution in [0.15, 0.2) is 29.6 Å². The number of nitrogens with zero attached hydrogens (tertiary/aromatic N) is 3. The van der Waals surface area contributed by atoms with Crippen molar-refractivity contribution in [2.24, 2.45) is 0 Å². The van der Waals surface area contributed by atoms with Gasteiger partial charge in [0.1, 0.15) is 0 Å². The molecule has 0 fully saturated rings. The third-order valence-corrected chi connectivity index (χ3v) is 2.67. The second-order valence-corrected chi connectivity index (χ2v) is 3.89. The summed E-state index contributed by atoms with van der Waals surface area (Å²) >= 11 is 1.35. The Hall–Kier alpha value is -1.93. The van der Waals surface area contributed by atoms with Crippen molar-refractivity contribution in [3.05, 3.63) is 40.9 Å². The molecule has 0 bridgehead atoms. The van der Waals surface area contributed by atoms with E-state index in [0.29, 0.717) is 13.0 Å². The Bertz CT molecular complexity index is 470. The molecule has 80 valence electrons. The molecule has 2 rings (SSSR count). The number of nitriles is 1. The molecule has 0 saturated carbocycles. The number of hydrogen-bond donors (Lipinski definition) is 1. The molecule has 0 aliphatic rings. The molecule has 0 unspecified atom stereocenters. The largest absolute Gasteiger partial charge is 0.379 e. The van der Waals surface area contributed by atoms with Crippen LogP contribution in [0, 0.1) is 11.3 Å². The summed E-state index contributed by atoms with van der Waals surface area (Å²) in [6, 6.07) is 9.95. The van der Waals surface area contributed by atoms with Crippen molar-refractivity contribution in [1.82, 2.24) is 9.59 Å². The van der Waals surface area contributed by atoms with Gasteiger partial charge in [-0.3, -0.25) is 0 Å². The van der Waals surface area contributed by atoms with Gasteiger partial charge in [0.25, 0.3) is 0 Å². The van der Waals surface area contributed by atoms with E-state index in [0.717, 1.165) is 16.9 Å². The molecule has 1 aromatic heterocycles. The van der Waals surface area contributed by atoms with Crippen LogP contribution in [-0.2, 0) is 13.0 Å². The van der Waals surface area contributed by atoms with Crippen molar-refractivity contribution < 1.29 is 0 Å². The van der Waals surface area contributed by atoms with Crippen LogP contribution in [0.5, 0.6) is 0 Å². The molecular formula is C11H10N4S. The maximum atomic E-state index is 8.54. The second kappa shape index (κ2) is 5.24. The maximum absolute atomic E-state index is 8.54. The molecular weight excluding hydrogens is 220 g/mol. The number of anilines is 1. The van der Waals surface area contributed by atoms with Crippen LogP contribution in [-0.4, -0.2) is 9.59 Å². The zero-order chi connectivity index (χ0) is 11.2. The molecule has 0 radical (unpaired) electrons. The Balaban J connectivity index is 1.93. The molecule has 0 aliphatic heterocycles. The topological polar surface area (TPSA) is 61.6 Å². The van der Waals surface area contributed by atoms with Gasteiger partial charge in [-0.05, 0) is 29.2 Å². The molecule has 0 amide bonds. The van der Waals surface area contributed by atoms with E-state index in [-0.39, 0.29) is 0 Å². The quantitative estimate of drug-likeness (QED) is 0.874. The average Bonchev–Trinajstić information content (AvgIpc) is 2.82. The lowest BCUT2D eigenvalue weighted by atomic mass is 10.1. The molecule has 0 saturated heterocycles. The lowest BCUT2D eigenvalue weighted by Crippen LogP contribution is -1.99. The number of benzene rings is 1. The zero-order valence-electron chi connectivity index (χ0n) is 8.55. The normalized spacial score (nSPS) is 9.69. The first-order valence-electron chi connectivity index (χ1n) is 4.84. The SMILES string of the molecule is N#CCc1ccc(NCc2csnn2)cc1. The van der Waals surface area contributed by atoms with Gasteiger partial charge in [0.15, 0.2) is 0 Å². The van der Waals surface area contributed by atoms with Gasteiger partial charge in [-0.1, -0.05) is 16.6 Å². The minimum Gasteiger partial charge on any atom is -0.379 e. The fourth-order valence-electron chi connectivity index (χ4n) is 1.29. The molecule has 5 heteroatoms. The van der Waals surface area contributed by atoms with Crippen molar-refractivity contribution in [1.29, 1.82) is 5.26 Å². The van der Waals surface area contributed by atoms with Crippen molar-refractivity contribution in [3.8, 4) is 6.07 Å². The van der Waals surface area contributed by atoms with Crippen LogP contribution in [0.3, 0.4) is 0 Å². The summed E-state index contributed by atoms with van der Waals surface area (Å²) in [5.41, 5.74) is 2.99. The summed E-state index contributed by atoms with van der Waals surface area (Å²) in [7, 11) is 0. The highest BCUT2D eigenvalue weighted by atomic mass is 32.1. The van der Waals surface area contributed by atoms with E-state index >= 15 is 0 Å². The molecule has 1 aromatic carbocycles. The van der Waals surface area contributed by atoms with Crippen LogP contribution < -0.4 is 5.32 Å². The number of aromatic nitrogens is 2. The van der Waals surface area contributed by atoms with Crippen LogP contribution in [0.25, 0.3) is 0 Å². The predicted molar refractivity (Wildman–Crippen MR) is 63.0 cm³/mol. The summed E-state index contributed by atoms with van der Waals surface area (Å²) in [6.45, 7) is 0.675. The van der Waals surface area contributed by atoms with E-state index < -0.39 is 0 Å². The Kier molecular flexibility index (Phi) is 3.46. The van der Waals surface area contributed by atoms with Crippen LogP contribution >= 0.6 is 11.5 Å². The van der Waals surface area contributed by atoms with E-state index in [1.807, 2.05) is 29.6 Å². The third-order valence-electron chi connectivity index (χ3n) is 2.12. The van der Waals surface area contributed by atoms with Crippen LogP contribution in [0.4, 0.5) is 5.69 Å². The first-order chi connectivity index (χ1) is 7.88. The Labute approximate surface area is 97.7 Å². The minimum absolute atomic E-state index is 0.455. The lowest BCUT2D eigenvalue weighted by Gasteiger charge is -2.04. The summed E-state index contributed by atoms with van der Waals surface area (Å²) in [5.74, 6) is 0. The van der Waals surface area contributed by atoms with Gasteiger partial charge in [0, 0.05) is 11.1 Å². The molecule has 1 N–H and O–H groups in total. The van der Waals surface area contributed by atoms with E-state index in [1.54, 1.807) is 0 Å². The number of nitrogens with one attached hydrogen (secondary N) is 1. The fraction of sp³-hybridized carbons (Fsp3) is 0.182. The first-order valence-corrected chi connectivity index (χ1v) is 5.68. The smallest absolute Gasteiger partial charge is 0.0946 e. The summed E-state index contributed by atoms with van der Waals surface area (Å²) in [4.78, 5) is 0. The van der Waals surface area contributed by atoms with Gasteiger partial charge in [-0.2, -0.15) is 5.26 Å². The highest BCUT2D eigenvalue weighted by Gasteiger charge is 1.97. The van der Waals surface area contributed by atoms with Gasteiger partial charge >= 0.3 is 0 Å². The second-order valence-electron chi connectivity index (χ2n) is 3.28. The Morgan fingerprint density at radius 3 is 2.75 bits per heavy atom. The van der Waals surface area contributed by atoms with E-state index in [4.69, 9.17) is 5.26 Å². The zero-order valence-corrected chi connectivity index (χ0v) is 9.37. The summed E-state index contributed by atoms with van der Waals surface area (Å²) in [6.07, 6.45) is 0.455. The van der Waals surface area contributed by atoms with Crippen LogP contribution in [0.1, 0.15) is 11.3 Å². The minimum atomic E-state index is 0.455. The number of hydrogen-bond acceptors (Lipinski definition) is 5. The van der Waals surface area contributed by atoms with Gasteiger partial charge in [-0.25, -0.2) is 0 Å². The van der Waals surface area contributed by atoms with Gasteiger partial charge < -0.3 is 5.32 Å². The van der Waals surface area contributed by atoms with Crippen molar-refractivity contribution in [3.63, 3.8) is 0 Å². The van der Waals surface area contributed by atoms with Crippen molar-refractivity contribution >= 4 is 17.2 Å². The highest BCUT2D eigenvalue weighted by molar-refractivity contribution is 7.03. The van der Waals surface area contributed by atoms with Crippen LogP contribution in [0.2, 0.25) is 0 Å². The summed E-state index contributed by atoms with van der Waals surface area (Å²) in [5, 5.41) is 17.6. The van der Waals surface area contributed by atoms with Crippen molar-refractivity contribution in [2.75, 3.05) is 5.32 Å². The first kappa shape index (κ1) is 10.6. The molecule has 4 nitrogen and oxygen atoms in total. The highest BCUT2D eigenvalue weighted by Crippen LogP contribution is 2.11. The lowest BCUT2D eigenvalue weighted by molar-refractivity contribution is 0.998. The Morgan fingerprint density at radius 1 is 1.31 bits per heavy atom. The molecule has 0 spiro atoms. The van der Waals surface area contributed by atoms with Gasteiger partial charge in [0.05, 0.1) is 24.7 Å². The maximum Gasteiger partial charge on any atom is 0.0946 e. The number of rotatable bonds is 4. The molecule has 2 aromatic rings.